The Bertz CT molecular complexity index is 1380. The summed E-state index contributed by atoms with van der Waals surface area (Å²) in [6.07, 6.45) is 2.20. The predicted octanol–water partition coefficient (Wildman–Crippen LogP) is 5.58. The monoisotopic (exact) mass is 482 g/mol. The summed E-state index contributed by atoms with van der Waals surface area (Å²) in [6, 6.07) is 16.8. The van der Waals surface area contributed by atoms with E-state index in [9.17, 15) is 14.4 Å². The van der Waals surface area contributed by atoms with Gasteiger partial charge >= 0.3 is 6.03 Å². The molecule has 0 saturated carbocycles. The normalized spacial score (nSPS) is 14.9. The van der Waals surface area contributed by atoms with Gasteiger partial charge in [0, 0.05) is 6.42 Å². The number of hydrogen-bond acceptors (Lipinski definition) is 4. The molecule has 0 atom stereocenters. The average molecular weight is 483 g/mol. The SMILES string of the molecule is CCOc1cc(/C=C2\C(=O)NC(=O)N(c3cc(C)ccc3C)C2=O)ccc1Cc1cc(C)cc(C)c1. The van der Waals surface area contributed by atoms with Crippen LogP contribution in [-0.2, 0) is 16.0 Å². The summed E-state index contributed by atoms with van der Waals surface area (Å²) in [5.41, 5.74) is 7.24. The van der Waals surface area contributed by atoms with Crippen molar-refractivity contribution in [3.8, 4) is 5.75 Å². The van der Waals surface area contributed by atoms with E-state index in [1.807, 2.05) is 51.1 Å². The molecule has 1 heterocycles. The first-order valence-electron chi connectivity index (χ1n) is 12.0. The van der Waals surface area contributed by atoms with Crippen molar-refractivity contribution in [1.82, 2.24) is 5.32 Å². The number of rotatable bonds is 6. The zero-order valence-corrected chi connectivity index (χ0v) is 21.3. The Morgan fingerprint density at radius 1 is 0.861 bits per heavy atom. The highest BCUT2D eigenvalue weighted by molar-refractivity contribution is 6.39. The van der Waals surface area contributed by atoms with Crippen molar-refractivity contribution >= 4 is 29.6 Å². The minimum Gasteiger partial charge on any atom is -0.494 e. The van der Waals surface area contributed by atoms with Crippen LogP contribution in [0.2, 0.25) is 0 Å². The Morgan fingerprint density at radius 3 is 2.28 bits per heavy atom. The summed E-state index contributed by atoms with van der Waals surface area (Å²) < 4.78 is 5.91. The number of nitrogens with one attached hydrogen (secondary N) is 1. The molecule has 3 aromatic carbocycles. The molecule has 1 saturated heterocycles. The van der Waals surface area contributed by atoms with E-state index in [2.05, 4.69) is 37.4 Å². The van der Waals surface area contributed by atoms with Crippen molar-refractivity contribution < 1.29 is 19.1 Å². The van der Waals surface area contributed by atoms with Crippen molar-refractivity contribution in [2.45, 2.75) is 41.0 Å². The van der Waals surface area contributed by atoms with Crippen LogP contribution in [0.15, 0.2) is 60.2 Å². The number of nitrogens with zero attached hydrogens (tertiary/aromatic N) is 1. The lowest BCUT2D eigenvalue weighted by atomic mass is 9.98. The summed E-state index contributed by atoms with van der Waals surface area (Å²) in [7, 11) is 0. The summed E-state index contributed by atoms with van der Waals surface area (Å²) in [6.45, 7) is 10.2. The van der Waals surface area contributed by atoms with E-state index < -0.39 is 17.8 Å². The lowest BCUT2D eigenvalue weighted by Crippen LogP contribution is -2.54. The molecule has 0 bridgehead atoms. The maximum absolute atomic E-state index is 13.3. The van der Waals surface area contributed by atoms with Crippen LogP contribution in [0.5, 0.6) is 5.75 Å². The summed E-state index contributed by atoms with van der Waals surface area (Å²) in [4.78, 5) is 39.6. The Balaban J connectivity index is 1.69. The Hall–Kier alpha value is -4.19. The van der Waals surface area contributed by atoms with Gasteiger partial charge in [0.25, 0.3) is 11.8 Å². The molecule has 36 heavy (non-hydrogen) atoms. The molecule has 6 nitrogen and oxygen atoms in total. The Morgan fingerprint density at radius 2 is 1.58 bits per heavy atom. The van der Waals surface area contributed by atoms with E-state index in [-0.39, 0.29) is 5.57 Å². The maximum Gasteiger partial charge on any atom is 0.335 e. The number of benzene rings is 3. The molecule has 4 amide bonds. The molecule has 6 heteroatoms. The molecule has 0 unspecified atom stereocenters. The van der Waals surface area contributed by atoms with Gasteiger partial charge in [-0.2, -0.15) is 0 Å². The van der Waals surface area contributed by atoms with Gasteiger partial charge in [0.15, 0.2) is 0 Å². The van der Waals surface area contributed by atoms with E-state index >= 15 is 0 Å². The Kier molecular flexibility index (Phi) is 7.06. The number of imide groups is 2. The van der Waals surface area contributed by atoms with Gasteiger partial charge in [-0.3, -0.25) is 14.9 Å². The van der Waals surface area contributed by atoms with Gasteiger partial charge in [0.1, 0.15) is 11.3 Å². The van der Waals surface area contributed by atoms with E-state index in [1.54, 1.807) is 6.07 Å². The summed E-state index contributed by atoms with van der Waals surface area (Å²) in [5.74, 6) is -0.685. The van der Waals surface area contributed by atoms with E-state index in [4.69, 9.17) is 4.74 Å². The molecular formula is C30H30N2O4. The second kappa shape index (κ2) is 10.2. The highest BCUT2D eigenvalue weighted by Gasteiger charge is 2.37. The van der Waals surface area contributed by atoms with Crippen LogP contribution >= 0.6 is 0 Å². The van der Waals surface area contributed by atoms with Gasteiger partial charge in [-0.25, -0.2) is 9.69 Å². The minimum atomic E-state index is -0.755. The highest BCUT2D eigenvalue weighted by Crippen LogP contribution is 2.29. The number of aryl methyl sites for hydroxylation is 4. The first kappa shape index (κ1) is 24.9. The average Bonchev–Trinajstić information content (AvgIpc) is 2.80. The minimum absolute atomic E-state index is 0.111. The van der Waals surface area contributed by atoms with Crippen molar-refractivity contribution in [3.63, 3.8) is 0 Å². The van der Waals surface area contributed by atoms with Crippen molar-refractivity contribution in [2.75, 3.05) is 11.5 Å². The second-order valence-electron chi connectivity index (χ2n) is 9.22. The fourth-order valence-electron chi connectivity index (χ4n) is 4.49. The zero-order valence-electron chi connectivity index (χ0n) is 21.3. The smallest absolute Gasteiger partial charge is 0.335 e. The van der Waals surface area contributed by atoms with Gasteiger partial charge in [0.2, 0.25) is 0 Å². The molecule has 3 aromatic rings. The van der Waals surface area contributed by atoms with Crippen molar-refractivity contribution in [3.05, 3.63) is 99.1 Å². The van der Waals surface area contributed by atoms with Crippen LogP contribution in [0, 0.1) is 27.7 Å². The van der Waals surface area contributed by atoms with E-state index in [0.717, 1.165) is 21.6 Å². The number of barbiturate groups is 1. The van der Waals surface area contributed by atoms with Crippen LogP contribution in [0.25, 0.3) is 6.08 Å². The molecule has 1 aliphatic heterocycles. The van der Waals surface area contributed by atoms with E-state index in [0.29, 0.717) is 30.0 Å². The van der Waals surface area contributed by atoms with Crippen LogP contribution < -0.4 is 15.0 Å². The first-order chi connectivity index (χ1) is 17.2. The molecule has 1 fully saturated rings. The van der Waals surface area contributed by atoms with Crippen molar-refractivity contribution in [2.24, 2.45) is 0 Å². The third kappa shape index (κ3) is 5.23. The Labute approximate surface area is 211 Å². The van der Waals surface area contributed by atoms with E-state index in [1.165, 1.54) is 22.8 Å². The highest BCUT2D eigenvalue weighted by atomic mass is 16.5. The first-order valence-corrected chi connectivity index (χ1v) is 12.0. The maximum atomic E-state index is 13.3. The zero-order chi connectivity index (χ0) is 26.0. The number of ether oxygens (including phenoxy) is 1. The molecule has 1 N–H and O–H groups in total. The lowest BCUT2D eigenvalue weighted by molar-refractivity contribution is -0.122. The number of carbonyl (C=O) groups excluding carboxylic acids is 3. The molecule has 4 rings (SSSR count). The topological polar surface area (TPSA) is 75.7 Å². The molecule has 1 aliphatic rings. The molecule has 0 aliphatic carbocycles. The number of amides is 4. The van der Waals surface area contributed by atoms with Crippen molar-refractivity contribution in [1.29, 1.82) is 0 Å². The fourth-order valence-corrected chi connectivity index (χ4v) is 4.49. The second-order valence-corrected chi connectivity index (χ2v) is 9.22. The standard InChI is InChI=1S/C30H30N2O4/c1-6-36-27-17-22(9-10-24(27)15-23-12-19(3)11-20(4)13-23)16-25-28(33)31-30(35)32(29(25)34)26-14-18(2)7-8-21(26)5/h7-14,16-17H,6,15H2,1-5H3,(H,31,33,35)/b25-16+. The third-order valence-electron chi connectivity index (χ3n) is 6.09. The van der Waals surface area contributed by atoms with Crippen LogP contribution in [0.1, 0.15) is 45.9 Å². The van der Waals surface area contributed by atoms with Gasteiger partial charge in [-0.1, -0.05) is 53.6 Å². The molecule has 0 radical (unpaired) electrons. The molecule has 0 spiro atoms. The van der Waals surface area contributed by atoms with Gasteiger partial charge < -0.3 is 4.74 Å². The summed E-state index contributed by atoms with van der Waals surface area (Å²) >= 11 is 0. The summed E-state index contributed by atoms with van der Waals surface area (Å²) in [5, 5.41) is 2.30. The van der Waals surface area contributed by atoms with Gasteiger partial charge in [-0.05, 0) is 80.6 Å². The number of anilines is 1. The lowest BCUT2D eigenvalue weighted by Gasteiger charge is -2.27. The van der Waals surface area contributed by atoms with Crippen LogP contribution in [0.3, 0.4) is 0 Å². The molecule has 184 valence electrons. The molecular weight excluding hydrogens is 452 g/mol. The number of hydrogen-bond donors (Lipinski definition) is 1. The van der Waals surface area contributed by atoms with Crippen LogP contribution in [0.4, 0.5) is 10.5 Å². The molecule has 0 aromatic heterocycles. The predicted molar refractivity (Wildman–Crippen MR) is 141 cm³/mol. The fraction of sp³-hybridized carbons (Fsp3) is 0.233. The number of urea groups is 1. The largest absolute Gasteiger partial charge is 0.494 e. The number of carbonyl (C=O) groups is 3. The third-order valence-corrected chi connectivity index (χ3v) is 6.09. The van der Waals surface area contributed by atoms with Crippen LogP contribution in [-0.4, -0.2) is 24.5 Å². The van der Waals surface area contributed by atoms with Gasteiger partial charge in [-0.15, -0.1) is 0 Å². The quantitative estimate of drug-likeness (QED) is 0.368. The van der Waals surface area contributed by atoms with Gasteiger partial charge in [0.05, 0.1) is 12.3 Å².